The summed E-state index contributed by atoms with van der Waals surface area (Å²) in [5.41, 5.74) is 0. The summed E-state index contributed by atoms with van der Waals surface area (Å²) in [6.45, 7) is 0.767. The maximum atomic E-state index is 13.5. The Kier molecular flexibility index (Phi) is 1.46. The van der Waals surface area contributed by atoms with Crippen LogP contribution in [0.15, 0.2) is 24.0 Å². The van der Waals surface area contributed by atoms with Crippen molar-refractivity contribution in [3.05, 3.63) is 24.0 Å². The molecule has 11 heavy (non-hydrogen) atoms. The maximum absolute atomic E-state index is 13.5. The van der Waals surface area contributed by atoms with E-state index in [1.807, 2.05) is 0 Å². The van der Waals surface area contributed by atoms with Crippen LogP contribution in [0, 0.1) is 0 Å². The fourth-order valence-corrected chi connectivity index (χ4v) is 1.23. The highest BCUT2D eigenvalue weighted by Crippen LogP contribution is 2.32. The van der Waals surface area contributed by atoms with Gasteiger partial charge in [0.05, 0.1) is 6.61 Å². The normalized spacial score (nSPS) is 35.5. The molecule has 0 aromatic rings. The molecule has 2 aliphatic rings. The molecule has 0 spiro atoms. The molecule has 0 bridgehead atoms. The number of alkyl halides is 1. The Morgan fingerprint density at radius 3 is 3.18 bits per heavy atom. The fraction of sp³-hybridized carbons (Fsp3) is 0.500. The number of rotatable bonds is 0. The van der Waals surface area contributed by atoms with Crippen molar-refractivity contribution in [2.75, 3.05) is 13.2 Å². The molecule has 1 fully saturated rings. The number of allylic oxidation sites excluding steroid dienone is 2. The van der Waals surface area contributed by atoms with Gasteiger partial charge in [0, 0.05) is 0 Å². The van der Waals surface area contributed by atoms with Crippen molar-refractivity contribution >= 4 is 0 Å². The number of fused-ring (bicyclic) bond motifs is 1. The second-order valence-electron chi connectivity index (χ2n) is 2.55. The van der Waals surface area contributed by atoms with Crippen molar-refractivity contribution in [2.24, 2.45) is 0 Å². The molecule has 1 atom stereocenters. The molecule has 0 amide bonds. The van der Waals surface area contributed by atoms with Crippen LogP contribution in [0.3, 0.4) is 0 Å². The highest BCUT2D eigenvalue weighted by Gasteiger charge is 2.38. The lowest BCUT2D eigenvalue weighted by molar-refractivity contribution is -0.157. The van der Waals surface area contributed by atoms with Crippen molar-refractivity contribution in [1.82, 2.24) is 0 Å². The average molecular weight is 156 g/mol. The average Bonchev–Trinajstić information content (AvgIpc) is 2.03. The molecule has 0 aromatic carbocycles. The Morgan fingerprint density at radius 1 is 1.45 bits per heavy atom. The molecule has 1 aliphatic heterocycles. The van der Waals surface area contributed by atoms with E-state index in [1.54, 1.807) is 12.2 Å². The van der Waals surface area contributed by atoms with E-state index in [2.05, 4.69) is 0 Å². The summed E-state index contributed by atoms with van der Waals surface area (Å²) in [6, 6.07) is 0. The lowest BCUT2D eigenvalue weighted by Crippen LogP contribution is -2.36. The predicted molar refractivity (Wildman–Crippen MR) is 37.6 cm³/mol. The standard InChI is InChI=1S/C8H9FO2/c9-8-4-2-1-3-7(8)10-5-6-11-8/h2-4H,1,5-6H2. The van der Waals surface area contributed by atoms with E-state index >= 15 is 0 Å². The third-order valence-electron chi connectivity index (χ3n) is 1.76. The second-order valence-corrected chi connectivity index (χ2v) is 2.55. The topological polar surface area (TPSA) is 18.5 Å². The molecule has 1 aliphatic carbocycles. The Bertz CT molecular complexity index is 222. The molecule has 1 saturated heterocycles. The van der Waals surface area contributed by atoms with Crippen molar-refractivity contribution < 1.29 is 13.9 Å². The van der Waals surface area contributed by atoms with Crippen LogP contribution in [-0.4, -0.2) is 19.1 Å². The van der Waals surface area contributed by atoms with Gasteiger partial charge in [-0.3, -0.25) is 0 Å². The van der Waals surface area contributed by atoms with Gasteiger partial charge in [0.15, 0.2) is 5.76 Å². The van der Waals surface area contributed by atoms with Crippen molar-refractivity contribution in [2.45, 2.75) is 12.3 Å². The second kappa shape index (κ2) is 2.34. The first kappa shape index (κ1) is 6.85. The summed E-state index contributed by atoms with van der Waals surface area (Å²) in [5.74, 6) is -1.46. The Balaban J connectivity index is 2.27. The summed E-state index contributed by atoms with van der Waals surface area (Å²) in [6.07, 6.45) is 5.57. The Morgan fingerprint density at radius 2 is 2.36 bits per heavy atom. The van der Waals surface area contributed by atoms with Crippen LogP contribution in [0.25, 0.3) is 0 Å². The zero-order valence-electron chi connectivity index (χ0n) is 6.05. The zero-order valence-corrected chi connectivity index (χ0v) is 6.05. The van der Waals surface area contributed by atoms with E-state index in [4.69, 9.17) is 9.47 Å². The first-order valence-corrected chi connectivity index (χ1v) is 3.65. The Labute approximate surface area is 64.3 Å². The summed E-state index contributed by atoms with van der Waals surface area (Å²) < 4.78 is 23.5. The minimum Gasteiger partial charge on any atom is -0.489 e. The maximum Gasteiger partial charge on any atom is 0.286 e. The lowest BCUT2D eigenvalue weighted by atomic mass is 10.1. The van der Waals surface area contributed by atoms with E-state index in [1.165, 1.54) is 6.08 Å². The van der Waals surface area contributed by atoms with Crippen molar-refractivity contribution in [3.8, 4) is 0 Å². The molecule has 2 rings (SSSR count). The number of hydrogen-bond donors (Lipinski definition) is 0. The summed E-state index contributed by atoms with van der Waals surface area (Å²) in [4.78, 5) is 0. The molecule has 1 heterocycles. The van der Waals surface area contributed by atoms with Crippen LogP contribution in [0.1, 0.15) is 6.42 Å². The molecule has 0 aromatic heterocycles. The third-order valence-corrected chi connectivity index (χ3v) is 1.76. The molecular formula is C8H9FO2. The van der Waals surface area contributed by atoms with Gasteiger partial charge in [-0.25, -0.2) is 0 Å². The van der Waals surface area contributed by atoms with E-state index < -0.39 is 5.85 Å². The smallest absolute Gasteiger partial charge is 0.286 e. The van der Waals surface area contributed by atoms with E-state index in [9.17, 15) is 4.39 Å². The largest absolute Gasteiger partial charge is 0.489 e. The highest BCUT2D eigenvalue weighted by molar-refractivity contribution is 5.22. The van der Waals surface area contributed by atoms with Crippen LogP contribution in [-0.2, 0) is 9.47 Å². The van der Waals surface area contributed by atoms with Gasteiger partial charge in [0.1, 0.15) is 6.61 Å². The van der Waals surface area contributed by atoms with Gasteiger partial charge in [-0.05, 0) is 18.6 Å². The van der Waals surface area contributed by atoms with Crippen LogP contribution in [0.4, 0.5) is 4.39 Å². The van der Waals surface area contributed by atoms with Crippen LogP contribution in [0.2, 0.25) is 0 Å². The third kappa shape index (κ3) is 1.05. The highest BCUT2D eigenvalue weighted by atomic mass is 19.2. The Hall–Kier alpha value is -0.830. The van der Waals surface area contributed by atoms with E-state index in [-0.39, 0.29) is 0 Å². The molecule has 0 saturated carbocycles. The minimum atomic E-state index is -1.77. The van der Waals surface area contributed by atoms with Gasteiger partial charge in [-0.2, -0.15) is 4.39 Å². The molecule has 0 N–H and O–H groups in total. The lowest BCUT2D eigenvalue weighted by Gasteiger charge is -2.31. The molecule has 2 nitrogen and oxygen atoms in total. The van der Waals surface area contributed by atoms with Gasteiger partial charge in [-0.15, -0.1) is 0 Å². The van der Waals surface area contributed by atoms with E-state index in [0.717, 1.165) is 6.42 Å². The minimum absolute atomic E-state index is 0.311. The molecule has 60 valence electrons. The summed E-state index contributed by atoms with van der Waals surface area (Å²) >= 11 is 0. The monoisotopic (exact) mass is 156 g/mol. The van der Waals surface area contributed by atoms with Gasteiger partial charge in [0.2, 0.25) is 0 Å². The zero-order chi connectivity index (χ0) is 7.73. The molecule has 1 unspecified atom stereocenters. The quantitative estimate of drug-likeness (QED) is 0.495. The first-order valence-electron chi connectivity index (χ1n) is 3.65. The summed E-state index contributed by atoms with van der Waals surface area (Å²) in [7, 11) is 0. The molecular weight excluding hydrogens is 147 g/mol. The number of ether oxygens (including phenoxy) is 2. The van der Waals surface area contributed by atoms with Crippen LogP contribution >= 0.6 is 0 Å². The number of hydrogen-bond acceptors (Lipinski definition) is 2. The van der Waals surface area contributed by atoms with Crippen LogP contribution in [0.5, 0.6) is 0 Å². The van der Waals surface area contributed by atoms with Crippen LogP contribution < -0.4 is 0 Å². The SMILES string of the molecule is FC12C=CCC=C1OCCO2. The fourth-order valence-electron chi connectivity index (χ4n) is 1.23. The van der Waals surface area contributed by atoms with E-state index in [0.29, 0.717) is 19.0 Å². The van der Waals surface area contributed by atoms with Gasteiger partial charge < -0.3 is 9.47 Å². The first-order chi connectivity index (χ1) is 5.31. The van der Waals surface area contributed by atoms with Gasteiger partial charge in [0.25, 0.3) is 5.85 Å². The number of halogens is 1. The molecule has 3 heteroatoms. The van der Waals surface area contributed by atoms with Crippen molar-refractivity contribution in [1.29, 1.82) is 0 Å². The summed E-state index contributed by atoms with van der Waals surface area (Å²) in [5, 5.41) is 0. The molecule has 0 radical (unpaired) electrons. The predicted octanol–water partition coefficient (Wildman–Crippen LogP) is 1.54. The van der Waals surface area contributed by atoms with Crippen molar-refractivity contribution in [3.63, 3.8) is 0 Å². The van der Waals surface area contributed by atoms with Gasteiger partial charge in [-0.1, -0.05) is 6.08 Å². The van der Waals surface area contributed by atoms with Gasteiger partial charge >= 0.3 is 0 Å².